The van der Waals surface area contributed by atoms with Gasteiger partial charge in [0, 0.05) is 18.0 Å². The van der Waals surface area contributed by atoms with Crippen LogP contribution < -0.4 is 20.3 Å². The minimum atomic E-state index is -0.750. The van der Waals surface area contributed by atoms with Crippen LogP contribution in [0.1, 0.15) is 23.7 Å². The molecule has 9 heteroatoms. The Morgan fingerprint density at radius 1 is 1.13 bits per heavy atom. The highest BCUT2D eigenvalue weighted by molar-refractivity contribution is 6.05. The molecule has 0 bridgehead atoms. The largest absolute Gasteiger partial charge is 0.497 e. The third-order valence-electron chi connectivity index (χ3n) is 4.73. The van der Waals surface area contributed by atoms with Crippen LogP contribution in [-0.4, -0.2) is 50.0 Å². The van der Waals surface area contributed by atoms with Crippen molar-refractivity contribution in [2.24, 2.45) is 0 Å². The summed E-state index contributed by atoms with van der Waals surface area (Å²) in [5.41, 5.74) is 1.41. The number of fused-ring (bicyclic) bond motifs is 1. The summed E-state index contributed by atoms with van der Waals surface area (Å²) >= 11 is 0. The predicted octanol–water partition coefficient (Wildman–Crippen LogP) is 1.73. The maximum absolute atomic E-state index is 12.8. The third-order valence-corrected chi connectivity index (χ3v) is 4.73. The number of para-hydroxylation sites is 2. The number of methoxy groups -OCH3 is 1. The Morgan fingerprint density at radius 3 is 2.55 bits per heavy atom. The normalized spacial score (nSPS) is 15.2. The van der Waals surface area contributed by atoms with Gasteiger partial charge in [-0.05, 0) is 43.3 Å². The molecule has 1 aliphatic rings. The van der Waals surface area contributed by atoms with Gasteiger partial charge in [0.2, 0.25) is 5.91 Å². The van der Waals surface area contributed by atoms with Crippen LogP contribution in [0.3, 0.4) is 0 Å². The van der Waals surface area contributed by atoms with Crippen molar-refractivity contribution in [3.63, 3.8) is 0 Å². The van der Waals surface area contributed by atoms with E-state index in [0.29, 0.717) is 22.7 Å². The van der Waals surface area contributed by atoms with Crippen molar-refractivity contribution < 1.29 is 28.7 Å². The van der Waals surface area contributed by atoms with E-state index in [0.717, 1.165) is 0 Å². The number of amides is 3. The van der Waals surface area contributed by atoms with Crippen LogP contribution in [-0.2, 0) is 19.1 Å². The molecule has 2 aromatic carbocycles. The van der Waals surface area contributed by atoms with E-state index in [2.05, 4.69) is 10.6 Å². The molecule has 3 amide bonds. The average Bonchev–Trinajstić information content (AvgIpc) is 2.89. The highest BCUT2D eigenvalue weighted by Gasteiger charge is 2.30. The Kier molecular flexibility index (Phi) is 6.86. The first kappa shape index (κ1) is 21.8. The first-order valence-corrected chi connectivity index (χ1v) is 9.68. The van der Waals surface area contributed by atoms with Gasteiger partial charge in [-0.3, -0.25) is 19.2 Å². The Hall–Kier alpha value is -3.88. The Balaban J connectivity index is 1.55. The summed E-state index contributed by atoms with van der Waals surface area (Å²) in [7, 11) is 1.52. The van der Waals surface area contributed by atoms with Crippen molar-refractivity contribution in [2.45, 2.75) is 19.4 Å². The smallest absolute Gasteiger partial charge is 0.325 e. The number of nitrogens with one attached hydrogen (secondary N) is 2. The van der Waals surface area contributed by atoms with Crippen LogP contribution in [0.15, 0.2) is 48.5 Å². The number of ether oxygens (including phenoxy) is 2. The van der Waals surface area contributed by atoms with Gasteiger partial charge in [0.05, 0.1) is 18.5 Å². The van der Waals surface area contributed by atoms with Crippen molar-refractivity contribution in [3.05, 3.63) is 54.1 Å². The summed E-state index contributed by atoms with van der Waals surface area (Å²) in [4.78, 5) is 50.3. The first-order chi connectivity index (χ1) is 14.9. The summed E-state index contributed by atoms with van der Waals surface area (Å²) in [6.07, 6.45) is 0.117. The number of carbonyl (C=O) groups is 4. The average molecular weight is 425 g/mol. The molecule has 1 atom stereocenters. The Morgan fingerprint density at radius 2 is 1.84 bits per heavy atom. The molecule has 0 aromatic heterocycles. The second-order valence-electron chi connectivity index (χ2n) is 6.95. The Labute approximate surface area is 179 Å². The lowest BCUT2D eigenvalue weighted by Crippen LogP contribution is -2.42. The molecule has 0 saturated heterocycles. The predicted molar refractivity (Wildman–Crippen MR) is 113 cm³/mol. The van der Waals surface area contributed by atoms with E-state index in [1.54, 1.807) is 55.5 Å². The van der Waals surface area contributed by atoms with E-state index in [-0.39, 0.29) is 18.9 Å². The molecule has 162 valence electrons. The van der Waals surface area contributed by atoms with Gasteiger partial charge in [-0.25, -0.2) is 0 Å². The van der Waals surface area contributed by atoms with Gasteiger partial charge in [0.1, 0.15) is 12.3 Å². The molecule has 0 fully saturated rings. The number of hydrogen-bond donors (Lipinski definition) is 2. The second kappa shape index (κ2) is 9.75. The number of carbonyl (C=O) groups excluding carboxylic acids is 4. The molecule has 2 N–H and O–H groups in total. The third kappa shape index (κ3) is 5.39. The van der Waals surface area contributed by atoms with Gasteiger partial charge < -0.3 is 25.0 Å². The van der Waals surface area contributed by atoms with Crippen molar-refractivity contribution in [1.82, 2.24) is 5.32 Å². The van der Waals surface area contributed by atoms with E-state index in [9.17, 15) is 19.2 Å². The van der Waals surface area contributed by atoms with Crippen molar-refractivity contribution >= 4 is 35.1 Å². The molecule has 0 radical (unpaired) electrons. The van der Waals surface area contributed by atoms with Crippen LogP contribution in [0.2, 0.25) is 0 Å². The summed E-state index contributed by atoms with van der Waals surface area (Å²) in [6, 6.07) is 12.9. The highest BCUT2D eigenvalue weighted by Crippen LogP contribution is 2.31. The van der Waals surface area contributed by atoms with E-state index in [1.165, 1.54) is 12.0 Å². The topological polar surface area (TPSA) is 114 Å². The molecule has 3 rings (SSSR count). The number of rotatable bonds is 6. The second-order valence-corrected chi connectivity index (χ2v) is 6.95. The molecule has 0 spiro atoms. The number of esters is 1. The maximum atomic E-state index is 12.8. The summed E-state index contributed by atoms with van der Waals surface area (Å²) < 4.78 is 10.1. The monoisotopic (exact) mass is 425 g/mol. The maximum Gasteiger partial charge on any atom is 0.325 e. The number of hydrogen-bond acceptors (Lipinski definition) is 6. The molecule has 1 aliphatic heterocycles. The molecule has 9 nitrogen and oxygen atoms in total. The van der Waals surface area contributed by atoms with Crippen LogP contribution in [0.4, 0.5) is 11.4 Å². The lowest BCUT2D eigenvalue weighted by atomic mass is 10.1. The quantitative estimate of drug-likeness (QED) is 0.682. The van der Waals surface area contributed by atoms with Crippen LogP contribution in [0, 0.1) is 0 Å². The number of benzene rings is 2. The lowest BCUT2D eigenvalue weighted by molar-refractivity contribution is -0.146. The molecule has 31 heavy (non-hydrogen) atoms. The number of anilines is 2. The van der Waals surface area contributed by atoms with Gasteiger partial charge in [-0.1, -0.05) is 12.1 Å². The fraction of sp³-hybridized carbons (Fsp3) is 0.273. The fourth-order valence-corrected chi connectivity index (χ4v) is 3.23. The van der Waals surface area contributed by atoms with Gasteiger partial charge >= 0.3 is 5.97 Å². The highest BCUT2D eigenvalue weighted by atomic mass is 16.5. The molecular weight excluding hydrogens is 402 g/mol. The van der Waals surface area contributed by atoms with Gasteiger partial charge in [0.25, 0.3) is 11.8 Å². The molecule has 0 aliphatic carbocycles. The molecule has 0 saturated carbocycles. The van der Waals surface area contributed by atoms with Gasteiger partial charge in [-0.15, -0.1) is 0 Å². The number of nitrogens with zero attached hydrogens (tertiary/aromatic N) is 1. The minimum Gasteiger partial charge on any atom is -0.497 e. The summed E-state index contributed by atoms with van der Waals surface area (Å²) in [6.45, 7) is 0.852. The SMILES string of the molecule is COc1ccc(C(=O)NCC(=O)OCC(=O)N2c3ccccc3NC(=O)CC2C)cc1. The zero-order valence-electron chi connectivity index (χ0n) is 17.2. The minimum absolute atomic E-state index is 0.117. The first-order valence-electron chi connectivity index (χ1n) is 9.68. The van der Waals surface area contributed by atoms with E-state index in [4.69, 9.17) is 9.47 Å². The van der Waals surface area contributed by atoms with Crippen molar-refractivity contribution in [3.8, 4) is 5.75 Å². The zero-order chi connectivity index (χ0) is 22.4. The van der Waals surface area contributed by atoms with Crippen molar-refractivity contribution in [2.75, 3.05) is 30.5 Å². The molecule has 1 heterocycles. The van der Waals surface area contributed by atoms with E-state index >= 15 is 0 Å². The summed E-state index contributed by atoms with van der Waals surface area (Å²) in [5.74, 6) is -1.26. The zero-order valence-corrected chi connectivity index (χ0v) is 17.2. The van der Waals surface area contributed by atoms with E-state index < -0.39 is 30.4 Å². The van der Waals surface area contributed by atoms with E-state index in [1.807, 2.05) is 0 Å². The molecule has 2 aromatic rings. The van der Waals surface area contributed by atoms with Crippen LogP contribution >= 0.6 is 0 Å². The van der Waals surface area contributed by atoms with Crippen LogP contribution in [0.5, 0.6) is 5.75 Å². The van der Waals surface area contributed by atoms with Crippen molar-refractivity contribution in [1.29, 1.82) is 0 Å². The molecule has 1 unspecified atom stereocenters. The Bertz CT molecular complexity index is 989. The van der Waals surface area contributed by atoms with Gasteiger partial charge in [-0.2, -0.15) is 0 Å². The van der Waals surface area contributed by atoms with Gasteiger partial charge in [0.15, 0.2) is 6.61 Å². The van der Waals surface area contributed by atoms with Crippen LogP contribution in [0.25, 0.3) is 0 Å². The standard InChI is InChI=1S/C22H23N3O6/c1-14-11-19(26)24-17-5-3-4-6-18(17)25(14)20(27)13-31-21(28)12-23-22(29)15-7-9-16(30-2)10-8-15/h3-10,14H,11-13H2,1-2H3,(H,23,29)(H,24,26). The lowest BCUT2D eigenvalue weighted by Gasteiger charge is -2.27. The molecular formula is C22H23N3O6. The fourth-order valence-electron chi connectivity index (χ4n) is 3.23. The summed E-state index contributed by atoms with van der Waals surface area (Å²) in [5, 5.41) is 5.21.